The van der Waals surface area contributed by atoms with Gasteiger partial charge in [0.15, 0.2) is 5.03 Å². The second-order valence-electron chi connectivity index (χ2n) is 4.85. The molecule has 0 amide bonds. The van der Waals surface area contributed by atoms with Gasteiger partial charge >= 0.3 is 6.18 Å². The number of hydrogen-bond acceptors (Lipinski definition) is 4. The lowest BCUT2D eigenvalue weighted by atomic mass is 10.3. The molecule has 0 atom stereocenters. The minimum Gasteiger partial charge on any atom is -0.316 e. The number of alkyl halides is 3. The van der Waals surface area contributed by atoms with Crippen LogP contribution in [0.25, 0.3) is 0 Å². The number of halogens is 3. The molecule has 6 nitrogen and oxygen atoms in total. The summed E-state index contributed by atoms with van der Waals surface area (Å²) in [6, 6.07) is 0. The summed E-state index contributed by atoms with van der Waals surface area (Å²) in [6.45, 7) is 1.80. The average molecular weight is 312 g/mol. The van der Waals surface area contributed by atoms with Crippen molar-refractivity contribution in [2.75, 3.05) is 7.05 Å². The van der Waals surface area contributed by atoms with Crippen LogP contribution in [0.4, 0.5) is 13.2 Å². The summed E-state index contributed by atoms with van der Waals surface area (Å²) in [6.07, 6.45) is -5.10. The molecule has 10 heteroatoms. The van der Waals surface area contributed by atoms with Crippen LogP contribution >= 0.6 is 0 Å². The zero-order chi connectivity index (χ0) is 15.2. The number of aromatic nitrogens is 2. The van der Waals surface area contributed by atoms with Crippen LogP contribution in [0.1, 0.15) is 24.1 Å². The molecule has 1 aliphatic rings. The van der Waals surface area contributed by atoms with Crippen molar-refractivity contribution in [3.8, 4) is 0 Å². The number of nitrogens with zero attached hydrogens (tertiary/aromatic N) is 1. The molecule has 0 aromatic carbocycles. The van der Waals surface area contributed by atoms with Crippen LogP contribution in [0.5, 0.6) is 0 Å². The quantitative estimate of drug-likeness (QED) is 0.751. The number of nitrogens with one attached hydrogen (secondary N) is 3. The van der Waals surface area contributed by atoms with Crippen molar-refractivity contribution in [1.29, 1.82) is 0 Å². The van der Waals surface area contributed by atoms with E-state index in [4.69, 9.17) is 0 Å². The summed E-state index contributed by atoms with van der Waals surface area (Å²) in [5.41, 5.74) is -1.51. The molecule has 1 aromatic rings. The predicted molar refractivity (Wildman–Crippen MR) is 64.4 cm³/mol. The van der Waals surface area contributed by atoms with E-state index in [0.29, 0.717) is 11.3 Å². The lowest BCUT2D eigenvalue weighted by Gasteiger charge is -2.20. The number of rotatable bonds is 5. The topological polar surface area (TPSA) is 86.9 Å². The molecule has 114 valence electrons. The summed E-state index contributed by atoms with van der Waals surface area (Å²) in [5.74, 6) is 0. The molecule has 20 heavy (non-hydrogen) atoms. The second kappa shape index (κ2) is 4.71. The Hall–Kier alpha value is -1.13. The van der Waals surface area contributed by atoms with E-state index < -0.39 is 21.7 Å². The molecule has 1 aliphatic carbocycles. The van der Waals surface area contributed by atoms with Gasteiger partial charge in [-0.25, -0.2) is 8.42 Å². The van der Waals surface area contributed by atoms with Crippen LogP contribution in [0, 0.1) is 6.92 Å². The Kier molecular flexibility index (Phi) is 3.59. The third-order valence-electron chi connectivity index (χ3n) is 3.27. The SMILES string of the molecule is CNCc1c(S(=O)(=O)NC2(C(F)(F)F)CC2)n[nH]c1C. The standard InChI is InChI=1S/C10H15F3N4O2S/c1-6-7(5-14-2)8(16-15-6)20(18,19)17-9(3-4-9)10(11,12)13/h14,17H,3-5H2,1-2H3,(H,15,16). The highest BCUT2D eigenvalue weighted by atomic mass is 32.2. The molecule has 0 spiro atoms. The molecule has 0 unspecified atom stereocenters. The molecule has 1 aromatic heterocycles. The lowest BCUT2D eigenvalue weighted by molar-refractivity contribution is -0.160. The van der Waals surface area contributed by atoms with Crippen LogP contribution in [-0.4, -0.2) is 37.4 Å². The molecule has 3 N–H and O–H groups in total. The first-order valence-corrected chi connectivity index (χ1v) is 7.40. The van der Waals surface area contributed by atoms with Gasteiger partial charge in [-0.3, -0.25) is 5.10 Å². The first-order valence-electron chi connectivity index (χ1n) is 5.92. The van der Waals surface area contributed by atoms with Crippen molar-refractivity contribution in [2.45, 2.75) is 43.1 Å². The Morgan fingerprint density at radius 1 is 1.40 bits per heavy atom. The highest BCUT2D eigenvalue weighted by Crippen LogP contribution is 2.49. The fraction of sp³-hybridized carbons (Fsp3) is 0.700. The number of aryl methyl sites for hydroxylation is 1. The van der Waals surface area contributed by atoms with E-state index in [1.165, 1.54) is 0 Å². The monoisotopic (exact) mass is 312 g/mol. The maximum absolute atomic E-state index is 12.8. The number of H-pyrrole nitrogens is 1. The van der Waals surface area contributed by atoms with Crippen molar-refractivity contribution in [2.24, 2.45) is 0 Å². The van der Waals surface area contributed by atoms with E-state index in [-0.39, 0.29) is 24.4 Å². The molecule has 1 saturated carbocycles. The van der Waals surface area contributed by atoms with E-state index in [2.05, 4.69) is 15.5 Å². The van der Waals surface area contributed by atoms with Crippen molar-refractivity contribution in [3.63, 3.8) is 0 Å². The van der Waals surface area contributed by atoms with Gasteiger partial charge in [-0.1, -0.05) is 0 Å². The largest absolute Gasteiger partial charge is 0.407 e. The zero-order valence-electron chi connectivity index (χ0n) is 10.9. The van der Waals surface area contributed by atoms with E-state index in [0.717, 1.165) is 0 Å². The van der Waals surface area contributed by atoms with Gasteiger partial charge in [0.05, 0.1) is 0 Å². The molecule has 0 saturated heterocycles. The predicted octanol–water partition coefficient (Wildman–Crippen LogP) is 0.811. The van der Waals surface area contributed by atoms with E-state index >= 15 is 0 Å². The first kappa shape index (κ1) is 15.3. The molecule has 1 heterocycles. The van der Waals surface area contributed by atoms with Crippen molar-refractivity contribution in [1.82, 2.24) is 20.2 Å². The van der Waals surface area contributed by atoms with Crippen LogP contribution in [0.15, 0.2) is 5.03 Å². The highest BCUT2D eigenvalue weighted by molar-refractivity contribution is 7.89. The van der Waals surface area contributed by atoms with E-state index in [1.54, 1.807) is 18.7 Å². The Labute approximate surface area is 114 Å². The second-order valence-corrected chi connectivity index (χ2v) is 6.45. The van der Waals surface area contributed by atoms with Gasteiger partial charge in [-0.15, -0.1) is 0 Å². The first-order chi connectivity index (χ1) is 9.13. The zero-order valence-corrected chi connectivity index (χ0v) is 11.7. The fourth-order valence-corrected chi connectivity index (χ4v) is 3.56. The number of sulfonamides is 1. The minimum atomic E-state index is -4.60. The summed E-state index contributed by atoms with van der Waals surface area (Å²) in [5, 5.41) is 8.47. The molecule has 0 radical (unpaired) electrons. The van der Waals surface area contributed by atoms with Crippen molar-refractivity contribution >= 4 is 10.0 Å². The summed E-state index contributed by atoms with van der Waals surface area (Å²) in [4.78, 5) is 0. The molecular weight excluding hydrogens is 297 g/mol. The Morgan fingerprint density at radius 3 is 2.45 bits per heavy atom. The van der Waals surface area contributed by atoms with Crippen LogP contribution in [0.3, 0.4) is 0 Å². The molecule has 0 bridgehead atoms. The van der Waals surface area contributed by atoms with Gasteiger partial charge in [-0.2, -0.15) is 23.0 Å². The van der Waals surface area contributed by atoms with Gasteiger partial charge in [-0.05, 0) is 26.8 Å². The smallest absolute Gasteiger partial charge is 0.316 e. The van der Waals surface area contributed by atoms with Gasteiger partial charge in [0.25, 0.3) is 10.0 Å². The van der Waals surface area contributed by atoms with E-state index in [1.807, 2.05) is 0 Å². The molecule has 1 fully saturated rings. The Morgan fingerprint density at radius 2 is 2.00 bits per heavy atom. The highest BCUT2D eigenvalue weighted by Gasteiger charge is 2.65. The van der Waals surface area contributed by atoms with Crippen molar-refractivity contribution in [3.05, 3.63) is 11.3 Å². The maximum atomic E-state index is 12.8. The average Bonchev–Trinajstić information content (AvgIpc) is 2.98. The molecular formula is C10H15F3N4O2S. The third kappa shape index (κ3) is 2.54. The van der Waals surface area contributed by atoms with Gasteiger partial charge in [0, 0.05) is 17.8 Å². The maximum Gasteiger partial charge on any atom is 0.407 e. The Balaban J connectivity index is 2.33. The van der Waals surface area contributed by atoms with Crippen molar-refractivity contribution < 1.29 is 21.6 Å². The summed E-state index contributed by atoms with van der Waals surface area (Å²) < 4.78 is 64.5. The van der Waals surface area contributed by atoms with Gasteiger partial charge in [0.2, 0.25) is 0 Å². The third-order valence-corrected chi connectivity index (χ3v) is 4.77. The van der Waals surface area contributed by atoms with Crippen LogP contribution < -0.4 is 10.0 Å². The van der Waals surface area contributed by atoms with Gasteiger partial charge < -0.3 is 5.32 Å². The van der Waals surface area contributed by atoms with Gasteiger partial charge in [0.1, 0.15) is 5.54 Å². The van der Waals surface area contributed by atoms with Crippen LogP contribution in [0.2, 0.25) is 0 Å². The molecule has 0 aliphatic heterocycles. The van der Waals surface area contributed by atoms with Crippen LogP contribution in [-0.2, 0) is 16.6 Å². The normalized spacial score (nSPS) is 18.2. The van der Waals surface area contributed by atoms with E-state index in [9.17, 15) is 21.6 Å². The Bertz CT molecular complexity index is 605. The molecule has 2 rings (SSSR count). The lowest BCUT2D eigenvalue weighted by Crippen LogP contribution is -2.48. The minimum absolute atomic E-state index is 0.192. The summed E-state index contributed by atoms with van der Waals surface area (Å²) >= 11 is 0. The number of hydrogen-bond donors (Lipinski definition) is 3. The number of aromatic amines is 1. The fourth-order valence-electron chi connectivity index (χ4n) is 1.91. The summed E-state index contributed by atoms with van der Waals surface area (Å²) in [7, 11) is -2.72.